The summed E-state index contributed by atoms with van der Waals surface area (Å²) in [5, 5.41) is 3.87. The second kappa shape index (κ2) is 7.31. The van der Waals surface area contributed by atoms with Crippen LogP contribution in [0.25, 0.3) is 22.2 Å². The summed E-state index contributed by atoms with van der Waals surface area (Å²) in [7, 11) is 2.60. The number of fused-ring (bicyclic) bond motifs is 1. The largest absolute Gasteiger partial charge is 0.494 e. The van der Waals surface area contributed by atoms with Gasteiger partial charge < -0.3 is 20.5 Å². The zero-order valence-electron chi connectivity index (χ0n) is 16.3. The van der Waals surface area contributed by atoms with Gasteiger partial charge in [-0.2, -0.15) is 0 Å². The van der Waals surface area contributed by atoms with Gasteiger partial charge in [0.1, 0.15) is 5.52 Å². The van der Waals surface area contributed by atoms with E-state index in [4.69, 9.17) is 15.2 Å². The molecule has 3 aromatic rings. The summed E-state index contributed by atoms with van der Waals surface area (Å²) in [5.41, 5.74) is 5.96. The average molecular weight is 401 g/mol. The van der Waals surface area contributed by atoms with Crippen molar-refractivity contribution in [3.05, 3.63) is 30.0 Å². The molecule has 9 heteroatoms. The fourth-order valence-corrected chi connectivity index (χ4v) is 3.32. The molecule has 3 N–H and O–H groups in total. The Balaban J connectivity index is 1.94. The molecular weight excluding hydrogens is 380 g/mol. The number of nitrogen functional groups attached to an aromatic ring is 1. The molecule has 0 spiro atoms. The van der Waals surface area contributed by atoms with Crippen molar-refractivity contribution < 1.29 is 18.3 Å². The first-order valence-electron chi connectivity index (χ1n) is 9.23. The number of nitrogens with one attached hydrogen (secondary N) is 1. The lowest BCUT2D eigenvalue weighted by atomic mass is 10.1. The lowest BCUT2D eigenvalue weighted by Gasteiger charge is -2.17. The highest BCUT2D eigenvalue weighted by Crippen LogP contribution is 2.39. The Bertz CT molecular complexity index is 1060. The molecule has 0 bridgehead atoms. The van der Waals surface area contributed by atoms with Crippen molar-refractivity contribution in [1.29, 1.82) is 0 Å². The van der Waals surface area contributed by atoms with Crippen molar-refractivity contribution in [3.8, 4) is 22.8 Å². The first-order chi connectivity index (χ1) is 13.9. The number of ether oxygens (including phenoxy) is 2. The number of benzene rings is 1. The van der Waals surface area contributed by atoms with Crippen LogP contribution in [0.2, 0.25) is 0 Å². The first kappa shape index (κ1) is 19.1. The van der Waals surface area contributed by atoms with Crippen molar-refractivity contribution >= 4 is 22.7 Å². The number of hydrogen-bond acceptors (Lipinski definition) is 7. The van der Waals surface area contributed by atoms with E-state index in [0.717, 1.165) is 18.9 Å². The van der Waals surface area contributed by atoms with Crippen LogP contribution in [0.4, 0.5) is 20.5 Å². The van der Waals surface area contributed by atoms with Gasteiger partial charge in [0.15, 0.2) is 29.0 Å². The molecule has 0 saturated heterocycles. The monoisotopic (exact) mass is 401 g/mol. The number of rotatable bonds is 6. The molecule has 1 aliphatic rings. The van der Waals surface area contributed by atoms with Crippen LogP contribution in [-0.2, 0) is 0 Å². The number of methoxy groups -OCH3 is 2. The maximum Gasteiger partial charge on any atom is 0.220 e. The van der Waals surface area contributed by atoms with Gasteiger partial charge in [-0.1, -0.05) is 0 Å². The molecule has 4 rings (SSSR count). The second-order valence-corrected chi connectivity index (χ2v) is 7.08. The average Bonchev–Trinajstić information content (AvgIpc) is 3.54. The number of nitrogens with two attached hydrogens (primary N) is 1. The minimum absolute atomic E-state index is 0.0727. The van der Waals surface area contributed by atoms with Crippen LogP contribution in [0.15, 0.2) is 18.3 Å². The number of pyridine rings is 1. The molecule has 2 heterocycles. The normalized spacial score (nSPS) is 14.7. The Morgan fingerprint density at radius 3 is 2.34 bits per heavy atom. The highest BCUT2D eigenvalue weighted by atomic mass is 19.1. The van der Waals surface area contributed by atoms with Gasteiger partial charge in [-0.25, -0.2) is 23.7 Å². The summed E-state index contributed by atoms with van der Waals surface area (Å²) in [6.45, 7) is 2.04. The van der Waals surface area contributed by atoms with Gasteiger partial charge in [0.2, 0.25) is 5.95 Å². The van der Waals surface area contributed by atoms with E-state index in [-0.39, 0.29) is 34.7 Å². The quantitative estimate of drug-likeness (QED) is 0.649. The third-order valence-corrected chi connectivity index (χ3v) is 5.11. The molecule has 29 heavy (non-hydrogen) atoms. The first-order valence-corrected chi connectivity index (χ1v) is 9.23. The van der Waals surface area contributed by atoms with Crippen LogP contribution in [0.5, 0.6) is 11.5 Å². The third-order valence-electron chi connectivity index (χ3n) is 5.11. The van der Waals surface area contributed by atoms with Crippen LogP contribution in [0.3, 0.4) is 0 Å². The summed E-state index contributed by atoms with van der Waals surface area (Å²) in [6.07, 6.45) is 3.75. The van der Waals surface area contributed by atoms with Crippen LogP contribution >= 0.6 is 0 Å². The van der Waals surface area contributed by atoms with Gasteiger partial charge in [0.05, 0.1) is 25.5 Å². The van der Waals surface area contributed by atoms with E-state index < -0.39 is 11.6 Å². The molecular formula is C20H21F2N5O2. The molecule has 1 saturated carbocycles. The van der Waals surface area contributed by atoms with E-state index in [1.54, 1.807) is 0 Å². The van der Waals surface area contributed by atoms with E-state index in [9.17, 15) is 0 Å². The molecule has 1 atom stereocenters. The fourth-order valence-electron chi connectivity index (χ4n) is 3.32. The number of anilines is 2. The molecule has 1 aromatic carbocycles. The Hall–Kier alpha value is -3.23. The number of halogens is 2. The lowest BCUT2D eigenvalue weighted by molar-refractivity contribution is 0.359. The summed E-state index contributed by atoms with van der Waals surface area (Å²) in [5.74, 6) is -1.00. The van der Waals surface area contributed by atoms with Crippen molar-refractivity contribution in [2.45, 2.75) is 25.8 Å². The van der Waals surface area contributed by atoms with Crippen molar-refractivity contribution in [2.24, 2.45) is 5.92 Å². The van der Waals surface area contributed by atoms with E-state index in [1.165, 1.54) is 26.5 Å². The van der Waals surface area contributed by atoms with Gasteiger partial charge in [-0.3, -0.25) is 0 Å². The van der Waals surface area contributed by atoms with Crippen molar-refractivity contribution in [2.75, 3.05) is 25.3 Å². The second-order valence-electron chi connectivity index (χ2n) is 7.08. The SMILES string of the molecule is COc1cc(OC)c(F)c(-c2cc3cnc(N)nc3c(N[C@H](C)C3CC3)n2)c1F. The summed E-state index contributed by atoms with van der Waals surface area (Å²) in [6, 6.07) is 2.81. The maximum absolute atomic E-state index is 15.0. The molecule has 1 aliphatic carbocycles. The predicted octanol–water partition coefficient (Wildman–Crippen LogP) is 3.78. The topological polar surface area (TPSA) is 95.2 Å². The number of hydrogen-bond donors (Lipinski definition) is 2. The summed E-state index contributed by atoms with van der Waals surface area (Å²) >= 11 is 0. The zero-order chi connectivity index (χ0) is 20.7. The van der Waals surface area contributed by atoms with Gasteiger partial charge >= 0.3 is 0 Å². The molecule has 2 aromatic heterocycles. The van der Waals surface area contributed by atoms with E-state index in [2.05, 4.69) is 20.3 Å². The highest BCUT2D eigenvalue weighted by molar-refractivity contribution is 5.92. The van der Waals surface area contributed by atoms with Crippen LogP contribution in [0.1, 0.15) is 19.8 Å². The minimum atomic E-state index is -0.866. The maximum atomic E-state index is 15.0. The van der Waals surface area contributed by atoms with Crippen LogP contribution in [0, 0.1) is 17.6 Å². The van der Waals surface area contributed by atoms with E-state index >= 15 is 8.78 Å². The van der Waals surface area contributed by atoms with Gasteiger partial charge in [0.25, 0.3) is 0 Å². The predicted molar refractivity (Wildman–Crippen MR) is 106 cm³/mol. The van der Waals surface area contributed by atoms with Crippen molar-refractivity contribution in [3.63, 3.8) is 0 Å². The standard InChI is InChI=1S/C20H21F2N5O2/c1-9(10-4-5-10)25-19-18-11(8-24-20(23)27-18)6-12(26-19)15-16(21)13(28-2)7-14(29-3)17(15)22/h6-10H,4-5H2,1-3H3,(H,25,26)(H2,23,24,27)/t9-/m1/s1. The molecule has 7 nitrogen and oxygen atoms in total. The van der Waals surface area contributed by atoms with Crippen LogP contribution in [-0.4, -0.2) is 35.2 Å². The van der Waals surface area contributed by atoms with Gasteiger partial charge in [-0.15, -0.1) is 0 Å². The Morgan fingerprint density at radius 2 is 1.76 bits per heavy atom. The zero-order valence-corrected chi connectivity index (χ0v) is 16.3. The molecule has 0 aliphatic heterocycles. The van der Waals surface area contributed by atoms with Crippen LogP contribution < -0.4 is 20.5 Å². The van der Waals surface area contributed by atoms with E-state index in [1.807, 2.05) is 6.92 Å². The molecule has 1 fully saturated rings. The smallest absolute Gasteiger partial charge is 0.220 e. The molecule has 152 valence electrons. The lowest BCUT2D eigenvalue weighted by Crippen LogP contribution is -2.19. The minimum Gasteiger partial charge on any atom is -0.494 e. The molecule has 0 unspecified atom stereocenters. The Morgan fingerprint density at radius 1 is 1.10 bits per heavy atom. The number of nitrogens with zero attached hydrogens (tertiary/aromatic N) is 3. The molecule has 0 radical (unpaired) electrons. The van der Waals surface area contributed by atoms with Crippen molar-refractivity contribution in [1.82, 2.24) is 15.0 Å². The molecule has 0 amide bonds. The Labute approximate surface area is 166 Å². The fraction of sp³-hybridized carbons (Fsp3) is 0.350. The number of aromatic nitrogens is 3. The summed E-state index contributed by atoms with van der Waals surface area (Å²) < 4.78 is 40.1. The highest BCUT2D eigenvalue weighted by Gasteiger charge is 2.29. The third kappa shape index (κ3) is 3.48. The van der Waals surface area contributed by atoms with E-state index in [0.29, 0.717) is 22.6 Å². The Kier molecular flexibility index (Phi) is 4.81. The van der Waals surface area contributed by atoms with Gasteiger partial charge in [-0.05, 0) is 31.7 Å². The van der Waals surface area contributed by atoms with Gasteiger partial charge in [0, 0.05) is 23.7 Å². The summed E-state index contributed by atoms with van der Waals surface area (Å²) in [4.78, 5) is 12.7.